The second-order valence-corrected chi connectivity index (χ2v) is 5.06. The lowest BCUT2D eigenvalue weighted by molar-refractivity contribution is 0.712. The Morgan fingerprint density at radius 1 is 1.50 bits per heavy atom. The van der Waals surface area contributed by atoms with E-state index in [0.29, 0.717) is 6.42 Å². The Morgan fingerprint density at radius 3 is 3.06 bits per heavy atom. The number of fused-ring (bicyclic) bond motifs is 1. The lowest BCUT2D eigenvalue weighted by Crippen LogP contribution is -2.17. The van der Waals surface area contributed by atoms with Crippen LogP contribution in [0.4, 0.5) is 5.69 Å². The summed E-state index contributed by atoms with van der Waals surface area (Å²) in [6, 6.07) is 10.5. The Hall–Kier alpha value is -1.60. The van der Waals surface area contributed by atoms with Crippen LogP contribution in [-0.4, -0.2) is 11.0 Å². The predicted molar refractivity (Wildman–Crippen MR) is 77.4 cm³/mol. The minimum absolute atomic E-state index is 0.172. The van der Waals surface area contributed by atoms with Gasteiger partial charge in [-0.15, -0.1) is 0 Å². The van der Waals surface area contributed by atoms with E-state index in [2.05, 4.69) is 39.2 Å². The Kier molecular flexibility index (Phi) is 4.16. The number of para-hydroxylation sites is 1. The van der Waals surface area contributed by atoms with Crippen molar-refractivity contribution in [2.45, 2.75) is 25.8 Å². The average molecular weight is 304 g/mol. The molecule has 0 fully saturated rings. The van der Waals surface area contributed by atoms with E-state index in [1.54, 1.807) is 6.20 Å². The molecule has 0 spiro atoms. The highest BCUT2D eigenvalue weighted by molar-refractivity contribution is 9.10. The number of benzene rings is 1. The molecule has 0 aliphatic heterocycles. The van der Waals surface area contributed by atoms with Crippen LogP contribution in [0.25, 0.3) is 10.9 Å². The number of rotatable bonds is 4. The smallest absolute Gasteiger partial charge is 0.0934 e. The van der Waals surface area contributed by atoms with Crippen molar-refractivity contribution < 1.29 is 0 Å². The molecule has 0 aliphatic rings. The van der Waals surface area contributed by atoms with Crippen molar-refractivity contribution in [3.05, 3.63) is 34.9 Å². The largest absolute Gasteiger partial charge is 0.380 e. The molecule has 1 N–H and O–H groups in total. The second kappa shape index (κ2) is 5.83. The maximum Gasteiger partial charge on any atom is 0.0934 e. The van der Waals surface area contributed by atoms with Gasteiger partial charge in [-0.2, -0.15) is 5.26 Å². The molecule has 0 amide bonds. The summed E-state index contributed by atoms with van der Waals surface area (Å²) in [4.78, 5) is 4.44. The zero-order valence-corrected chi connectivity index (χ0v) is 11.7. The Balaban J connectivity index is 2.36. The fourth-order valence-electron chi connectivity index (χ4n) is 1.88. The molecular weight excluding hydrogens is 290 g/mol. The van der Waals surface area contributed by atoms with Crippen molar-refractivity contribution in [3.63, 3.8) is 0 Å². The van der Waals surface area contributed by atoms with Crippen LogP contribution >= 0.6 is 15.9 Å². The first-order valence-corrected chi connectivity index (χ1v) is 6.71. The average Bonchev–Trinajstić information content (AvgIpc) is 2.38. The molecule has 0 aliphatic carbocycles. The predicted octanol–water partition coefficient (Wildman–Crippen LogP) is 4.10. The van der Waals surface area contributed by atoms with Gasteiger partial charge in [0.1, 0.15) is 0 Å². The van der Waals surface area contributed by atoms with Crippen molar-refractivity contribution in [3.8, 4) is 6.07 Å². The second-order valence-electron chi connectivity index (χ2n) is 4.14. The zero-order valence-electron chi connectivity index (χ0n) is 10.2. The summed E-state index contributed by atoms with van der Waals surface area (Å²) >= 11 is 3.42. The molecule has 1 atom stereocenters. The number of nitrogens with zero attached hydrogens (tertiary/aromatic N) is 2. The molecule has 2 rings (SSSR count). The summed E-state index contributed by atoms with van der Waals surface area (Å²) in [6.45, 7) is 2.07. The third kappa shape index (κ3) is 2.80. The van der Waals surface area contributed by atoms with Gasteiger partial charge in [-0.25, -0.2) is 0 Å². The van der Waals surface area contributed by atoms with E-state index in [1.807, 2.05) is 24.3 Å². The first kappa shape index (κ1) is 12.8. The Labute approximate surface area is 115 Å². The molecule has 1 heterocycles. The van der Waals surface area contributed by atoms with Gasteiger partial charge in [0.2, 0.25) is 0 Å². The number of pyridine rings is 1. The number of aromatic nitrogens is 1. The first-order chi connectivity index (χ1) is 8.74. The molecule has 0 saturated heterocycles. The van der Waals surface area contributed by atoms with E-state index in [4.69, 9.17) is 5.26 Å². The van der Waals surface area contributed by atoms with Crippen LogP contribution in [0.15, 0.2) is 34.9 Å². The Morgan fingerprint density at radius 2 is 2.33 bits per heavy atom. The van der Waals surface area contributed by atoms with E-state index in [1.165, 1.54) is 0 Å². The summed E-state index contributed by atoms with van der Waals surface area (Å²) in [5, 5.41) is 13.3. The van der Waals surface area contributed by atoms with Crippen LogP contribution in [0.1, 0.15) is 19.8 Å². The van der Waals surface area contributed by atoms with Crippen molar-refractivity contribution in [1.82, 2.24) is 4.98 Å². The normalized spacial score (nSPS) is 12.1. The van der Waals surface area contributed by atoms with Gasteiger partial charge in [-0.05, 0) is 34.5 Å². The third-order valence-corrected chi connectivity index (χ3v) is 3.30. The minimum atomic E-state index is 0.172. The fraction of sp³-hybridized carbons (Fsp3) is 0.286. The third-order valence-electron chi connectivity index (χ3n) is 2.87. The highest BCUT2D eigenvalue weighted by atomic mass is 79.9. The molecule has 1 aromatic carbocycles. The summed E-state index contributed by atoms with van der Waals surface area (Å²) < 4.78 is 0.969. The quantitative estimate of drug-likeness (QED) is 0.925. The first-order valence-electron chi connectivity index (χ1n) is 5.92. The van der Waals surface area contributed by atoms with E-state index in [9.17, 15) is 0 Å². The van der Waals surface area contributed by atoms with Crippen LogP contribution < -0.4 is 5.32 Å². The van der Waals surface area contributed by atoms with Crippen molar-refractivity contribution in [1.29, 1.82) is 5.26 Å². The molecule has 1 aromatic heterocycles. The summed E-state index contributed by atoms with van der Waals surface area (Å²) in [6.07, 6.45) is 3.21. The van der Waals surface area contributed by atoms with E-state index in [-0.39, 0.29) is 6.04 Å². The van der Waals surface area contributed by atoms with E-state index < -0.39 is 0 Å². The molecule has 3 nitrogen and oxygen atoms in total. The molecule has 0 radical (unpaired) electrons. The van der Waals surface area contributed by atoms with Crippen molar-refractivity contribution >= 4 is 32.5 Å². The molecule has 1 unspecified atom stereocenters. The minimum Gasteiger partial charge on any atom is -0.380 e. The van der Waals surface area contributed by atoms with Crippen LogP contribution in [0.2, 0.25) is 0 Å². The molecular formula is C14H14BrN3. The van der Waals surface area contributed by atoms with Crippen LogP contribution in [0.3, 0.4) is 0 Å². The Bertz CT molecular complexity index is 589. The van der Waals surface area contributed by atoms with Crippen LogP contribution in [0, 0.1) is 11.3 Å². The maximum absolute atomic E-state index is 8.78. The number of anilines is 1. The van der Waals surface area contributed by atoms with Gasteiger partial charge in [0.25, 0.3) is 0 Å². The van der Waals surface area contributed by atoms with E-state index in [0.717, 1.165) is 27.5 Å². The standard InChI is InChI=1S/C14H14BrN3/c1-2-12(6-7-16)18-13-5-3-4-10-8-11(15)9-17-14(10)13/h3-5,8-9,12,18H,2,6H2,1H3. The van der Waals surface area contributed by atoms with Gasteiger partial charge < -0.3 is 5.32 Å². The fourth-order valence-corrected chi connectivity index (χ4v) is 2.23. The maximum atomic E-state index is 8.78. The molecule has 2 aromatic rings. The molecule has 4 heteroatoms. The van der Waals surface area contributed by atoms with Gasteiger partial charge in [0, 0.05) is 22.1 Å². The topological polar surface area (TPSA) is 48.7 Å². The van der Waals surface area contributed by atoms with Crippen molar-refractivity contribution in [2.24, 2.45) is 0 Å². The van der Waals surface area contributed by atoms with Gasteiger partial charge in [-0.1, -0.05) is 19.1 Å². The number of nitriles is 1. The zero-order chi connectivity index (χ0) is 13.0. The van der Waals surface area contributed by atoms with Crippen LogP contribution in [-0.2, 0) is 0 Å². The van der Waals surface area contributed by atoms with Crippen LogP contribution in [0.5, 0.6) is 0 Å². The highest BCUT2D eigenvalue weighted by Crippen LogP contribution is 2.25. The van der Waals surface area contributed by atoms with Gasteiger partial charge in [-0.3, -0.25) is 4.98 Å². The van der Waals surface area contributed by atoms with Gasteiger partial charge in [0.05, 0.1) is 23.7 Å². The number of hydrogen-bond acceptors (Lipinski definition) is 3. The SMILES string of the molecule is CCC(CC#N)Nc1cccc2cc(Br)cnc12. The molecule has 0 bridgehead atoms. The number of halogens is 1. The summed E-state index contributed by atoms with van der Waals surface area (Å²) in [7, 11) is 0. The van der Waals surface area contributed by atoms with Crippen molar-refractivity contribution in [2.75, 3.05) is 5.32 Å². The van der Waals surface area contributed by atoms with E-state index >= 15 is 0 Å². The monoisotopic (exact) mass is 303 g/mol. The molecule has 18 heavy (non-hydrogen) atoms. The van der Waals surface area contributed by atoms with Gasteiger partial charge in [0.15, 0.2) is 0 Å². The number of nitrogens with one attached hydrogen (secondary N) is 1. The summed E-state index contributed by atoms with van der Waals surface area (Å²) in [5.41, 5.74) is 1.93. The lowest BCUT2D eigenvalue weighted by atomic mass is 10.1. The summed E-state index contributed by atoms with van der Waals surface area (Å²) in [5.74, 6) is 0. The molecule has 0 saturated carbocycles. The molecule has 92 valence electrons. The number of hydrogen-bond donors (Lipinski definition) is 1. The highest BCUT2D eigenvalue weighted by Gasteiger charge is 2.08. The van der Waals surface area contributed by atoms with Gasteiger partial charge >= 0.3 is 0 Å². The lowest BCUT2D eigenvalue weighted by Gasteiger charge is -2.16.